The van der Waals surface area contributed by atoms with Crippen LogP contribution in [0.2, 0.25) is 0 Å². The average molecular weight is 314 g/mol. The molecule has 1 amide bonds. The number of carbonyl (C=O) groups is 1. The number of hydrogen-bond acceptors (Lipinski definition) is 2. The highest BCUT2D eigenvalue weighted by Crippen LogP contribution is 2.19. The molecule has 1 aliphatic rings. The minimum Gasteiger partial charge on any atom is -0.366 e. The first kappa shape index (κ1) is 17.1. The number of rotatable bonds is 6. The molecule has 1 aliphatic carbocycles. The Morgan fingerprint density at radius 1 is 1.22 bits per heavy atom. The van der Waals surface area contributed by atoms with Crippen LogP contribution in [-0.4, -0.2) is 25.5 Å². The van der Waals surface area contributed by atoms with Gasteiger partial charge in [0.15, 0.2) is 5.96 Å². The molecule has 5 nitrogen and oxygen atoms in total. The minimum absolute atomic E-state index is 0.404. The maximum absolute atomic E-state index is 11.0. The largest absolute Gasteiger partial charge is 0.366 e. The number of guanidine groups is 1. The zero-order valence-corrected chi connectivity index (χ0v) is 13.8. The van der Waals surface area contributed by atoms with Crippen LogP contribution in [0.15, 0.2) is 40.9 Å². The SMILES string of the molecule is CN=C(NCCC1=CCCCC1)NCc1ccc(C(N)=O)cc1. The number of nitrogens with two attached hydrogens (primary N) is 1. The van der Waals surface area contributed by atoms with Gasteiger partial charge in [0.25, 0.3) is 0 Å². The standard InChI is InChI=1S/C18H26N4O/c1-20-18(21-12-11-14-5-3-2-4-6-14)22-13-15-7-9-16(10-8-15)17(19)23/h5,7-10H,2-4,6,11-13H2,1H3,(H2,19,23)(H2,20,21,22). The van der Waals surface area contributed by atoms with Gasteiger partial charge < -0.3 is 16.4 Å². The van der Waals surface area contributed by atoms with E-state index in [2.05, 4.69) is 21.7 Å². The topological polar surface area (TPSA) is 79.5 Å². The van der Waals surface area contributed by atoms with Crippen LogP contribution in [0.3, 0.4) is 0 Å². The Morgan fingerprint density at radius 2 is 2.00 bits per heavy atom. The van der Waals surface area contributed by atoms with E-state index in [1.807, 2.05) is 12.1 Å². The van der Waals surface area contributed by atoms with Gasteiger partial charge in [-0.15, -0.1) is 0 Å². The predicted molar refractivity (Wildman–Crippen MR) is 94.3 cm³/mol. The maximum atomic E-state index is 11.0. The van der Waals surface area contributed by atoms with Gasteiger partial charge in [-0.2, -0.15) is 0 Å². The fourth-order valence-corrected chi connectivity index (χ4v) is 2.67. The van der Waals surface area contributed by atoms with E-state index in [0.29, 0.717) is 12.1 Å². The fraction of sp³-hybridized carbons (Fsp3) is 0.444. The Morgan fingerprint density at radius 3 is 2.61 bits per heavy atom. The molecule has 124 valence electrons. The number of nitrogens with one attached hydrogen (secondary N) is 2. The molecule has 1 aromatic rings. The highest BCUT2D eigenvalue weighted by molar-refractivity contribution is 5.92. The highest BCUT2D eigenvalue weighted by Gasteiger charge is 2.04. The molecule has 0 atom stereocenters. The van der Waals surface area contributed by atoms with Gasteiger partial charge in [0.1, 0.15) is 0 Å². The Hall–Kier alpha value is -2.30. The summed E-state index contributed by atoms with van der Waals surface area (Å²) >= 11 is 0. The van der Waals surface area contributed by atoms with Crippen LogP contribution in [0.5, 0.6) is 0 Å². The first-order valence-corrected chi connectivity index (χ1v) is 8.20. The van der Waals surface area contributed by atoms with Gasteiger partial charge in [-0.05, 0) is 49.8 Å². The lowest BCUT2D eigenvalue weighted by Crippen LogP contribution is -2.37. The van der Waals surface area contributed by atoms with Gasteiger partial charge in [-0.1, -0.05) is 23.8 Å². The summed E-state index contributed by atoms with van der Waals surface area (Å²) in [5.41, 5.74) is 8.39. The van der Waals surface area contributed by atoms with Crippen molar-refractivity contribution < 1.29 is 4.79 Å². The third-order valence-electron chi connectivity index (χ3n) is 4.05. The number of nitrogens with zero attached hydrogens (tertiary/aromatic N) is 1. The molecule has 0 aliphatic heterocycles. The van der Waals surface area contributed by atoms with Gasteiger partial charge in [-0.25, -0.2) is 0 Å². The average Bonchev–Trinajstić information content (AvgIpc) is 2.59. The van der Waals surface area contributed by atoms with E-state index in [0.717, 1.165) is 24.5 Å². The van der Waals surface area contributed by atoms with Crippen molar-refractivity contribution in [1.29, 1.82) is 0 Å². The summed E-state index contributed by atoms with van der Waals surface area (Å²) in [5.74, 6) is 0.388. The number of hydrogen-bond donors (Lipinski definition) is 3. The van der Waals surface area contributed by atoms with E-state index >= 15 is 0 Å². The molecule has 5 heteroatoms. The van der Waals surface area contributed by atoms with Crippen LogP contribution >= 0.6 is 0 Å². The summed E-state index contributed by atoms with van der Waals surface area (Å²) in [6.07, 6.45) is 8.56. The van der Waals surface area contributed by atoms with Crippen LogP contribution in [0, 0.1) is 0 Å². The molecule has 0 radical (unpaired) electrons. The van der Waals surface area contributed by atoms with E-state index in [1.165, 1.54) is 25.7 Å². The number of allylic oxidation sites excluding steroid dienone is 1. The number of carbonyl (C=O) groups excluding carboxylic acids is 1. The molecule has 4 N–H and O–H groups in total. The second kappa shape index (κ2) is 8.98. The van der Waals surface area contributed by atoms with Crippen molar-refractivity contribution in [2.45, 2.75) is 38.6 Å². The van der Waals surface area contributed by atoms with Crippen LogP contribution in [0.4, 0.5) is 0 Å². The van der Waals surface area contributed by atoms with Gasteiger partial charge in [0.05, 0.1) is 0 Å². The molecule has 23 heavy (non-hydrogen) atoms. The molecule has 0 fully saturated rings. The molecule has 0 saturated carbocycles. The molecular formula is C18H26N4O. The van der Waals surface area contributed by atoms with Gasteiger partial charge in [0.2, 0.25) is 5.91 Å². The van der Waals surface area contributed by atoms with Gasteiger partial charge in [0, 0.05) is 25.7 Å². The number of primary amides is 1. The molecule has 0 aromatic heterocycles. The third-order valence-corrected chi connectivity index (χ3v) is 4.05. The monoisotopic (exact) mass is 314 g/mol. The van der Waals surface area contributed by atoms with E-state index < -0.39 is 5.91 Å². The van der Waals surface area contributed by atoms with E-state index in [1.54, 1.807) is 24.8 Å². The number of benzene rings is 1. The fourth-order valence-electron chi connectivity index (χ4n) is 2.67. The lowest BCUT2D eigenvalue weighted by Gasteiger charge is -2.15. The Kier molecular flexibility index (Phi) is 6.66. The normalized spacial score (nSPS) is 15.0. The smallest absolute Gasteiger partial charge is 0.248 e. The summed E-state index contributed by atoms with van der Waals surface area (Å²) in [6, 6.07) is 7.27. The second-order valence-corrected chi connectivity index (χ2v) is 5.77. The number of amides is 1. The predicted octanol–water partition coefficient (Wildman–Crippen LogP) is 2.34. The van der Waals surface area contributed by atoms with Crippen molar-refractivity contribution in [2.75, 3.05) is 13.6 Å². The summed E-state index contributed by atoms with van der Waals surface area (Å²) in [4.78, 5) is 15.3. The first-order chi connectivity index (χ1) is 11.2. The lowest BCUT2D eigenvalue weighted by atomic mass is 9.97. The van der Waals surface area contributed by atoms with Crippen molar-refractivity contribution >= 4 is 11.9 Å². The molecule has 1 aromatic carbocycles. The molecule has 0 bridgehead atoms. The molecule has 0 unspecified atom stereocenters. The highest BCUT2D eigenvalue weighted by atomic mass is 16.1. The third kappa shape index (κ3) is 5.77. The zero-order valence-electron chi connectivity index (χ0n) is 13.8. The molecule has 0 saturated heterocycles. The quantitative estimate of drug-likeness (QED) is 0.428. The first-order valence-electron chi connectivity index (χ1n) is 8.20. The van der Waals surface area contributed by atoms with Crippen molar-refractivity contribution in [1.82, 2.24) is 10.6 Å². The number of aliphatic imine (C=N–C) groups is 1. The molecule has 2 rings (SSSR count). The molecular weight excluding hydrogens is 288 g/mol. The van der Waals surface area contributed by atoms with Crippen LogP contribution in [-0.2, 0) is 6.54 Å². The lowest BCUT2D eigenvalue weighted by molar-refractivity contribution is 0.100. The minimum atomic E-state index is -0.404. The van der Waals surface area contributed by atoms with Crippen LogP contribution in [0.25, 0.3) is 0 Å². The van der Waals surface area contributed by atoms with Gasteiger partial charge >= 0.3 is 0 Å². The van der Waals surface area contributed by atoms with Crippen LogP contribution < -0.4 is 16.4 Å². The van der Waals surface area contributed by atoms with Crippen molar-refractivity contribution in [2.24, 2.45) is 10.7 Å². The van der Waals surface area contributed by atoms with E-state index in [-0.39, 0.29) is 0 Å². The molecule has 0 heterocycles. The summed E-state index contributed by atoms with van der Waals surface area (Å²) in [5, 5.41) is 6.62. The van der Waals surface area contributed by atoms with Crippen LogP contribution in [0.1, 0.15) is 48.0 Å². The zero-order chi connectivity index (χ0) is 16.5. The maximum Gasteiger partial charge on any atom is 0.248 e. The molecule has 0 spiro atoms. The van der Waals surface area contributed by atoms with Crippen molar-refractivity contribution in [3.05, 3.63) is 47.0 Å². The summed E-state index contributed by atoms with van der Waals surface area (Å²) in [7, 11) is 1.77. The summed E-state index contributed by atoms with van der Waals surface area (Å²) < 4.78 is 0. The Balaban J connectivity index is 1.74. The van der Waals surface area contributed by atoms with E-state index in [9.17, 15) is 4.79 Å². The van der Waals surface area contributed by atoms with Crippen molar-refractivity contribution in [3.8, 4) is 0 Å². The summed E-state index contributed by atoms with van der Waals surface area (Å²) in [6.45, 7) is 1.55. The Labute approximate surface area is 138 Å². The second-order valence-electron chi connectivity index (χ2n) is 5.77. The Bertz CT molecular complexity index is 575. The van der Waals surface area contributed by atoms with E-state index in [4.69, 9.17) is 5.73 Å². The van der Waals surface area contributed by atoms with Crippen molar-refractivity contribution in [3.63, 3.8) is 0 Å². The van der Waals surface area contributed by atoms with Gasteiger partial charge in [-0.3, -0.25) is 9.79 Å².